The molecule has 4 aromatic carbocycles. The average Bonchev–Trinajstić information content (AvgIpc) is 3.35. The number of hydrogen-bond donors (Lipinski definition) is 2. The normalized spacial score (nSPS) is 11.1. The van der Waals surface area contributed by atoms with Crippen LogP contribution in [0.25, 0.3) is 22.0 Å². The Morgan fingerprint density at radius 1 is 0.951 bits per heavy atom. The highest BCUT2D eigenvalue weighted by atomic mass is 35.5. The first-order valence-corrected chi connectivity index (χ1v) is 13.5. The highest BCUT2D eigenvalue weighted by Crippen LogP contribution is 2.35. The van der Waals surface area contributed by atoms with Crippen molar-refractivity contribution in [3.05, 3.63) is 118 Å². The monoisotopic (exact) mass is 565 g/mol. The number of rotatable bonds is 8. The van der Waals surface area contributed by atoms with Gasteiger partial charge in [0.05, 0.1) is 23.4 Å². The number of nitrogens with zero attached hydrogens (tertiary/aromatic N) is 1. The standard InChI is InChI=1S/C33H28ClN3O4/c1-4-40-28-18-22(14-15-27(28)41-33(39)24-12-8-9-13-26(24)34)19-35-37-32(38)31-29(23-10-6-5-7-11-23)25-17-20(2)16-21(3)30(25)36-31/h5-19,36H,4H2,1-3H3,(H,37,38). The fourth-order valence-corrected chi connectivity index (χ4v) is 4.90. The third kappa shape index (κ3) is 6.00. The number of carbonyl (C=O) groups is 2. The number of H-pyrrole nitrogens is 1. The molecule has 2 N–H and O–H groups in total. The maximum Gasteiger partial charge on any atom is 0.345 e. The maximum absolute atomic E-state index is 13.4. The molecule has 1 heterocycles. The van der Waals surface area contributed by atoms with Crippen molar-refractivity contribution in [3.63, 3.8) is 0 Å². The van der Waals surface area contributed by atoms with Crippen molar-refractivity contribution in [2.24, 2.45) is 5.10 Å². The first kappa shape index (κ1) is 27.7. The summed E-state index contributed by atoms with van der Waals surface area (Å²) < 4.78 is 11.3. The molecule has 7 nitrogen and oxygen atoms in total. The largest absolute Gasteiger partial charge is 0.490 e. The lowest BCUT2D eigenvalue weighted by atomic mass is 9.99. The van der Waals surface area contributed by atoms with E-state index in [1.165, 1.54) is 6.21 Å². The summed E-state index contributed by atoms with van der Waals surface area (Å²) in [5, 5.41) is 5.46. The van der Waals surface area contributed by atoms with Crippen LogP contribution in [0.15, 0.2) is 90.0 Å². The fraction of sp³-hybridized carbons (Fsp3) is 0.121. The van der Waals surface area contributed by atoms with Gasteiger partial charge in [-0.1, -0.05) is 65.7 Å². The molecule has 0 fully saturated rings. The third-order valence-corrected chi connectivity index (χ3v) is 6.81. The van der Waals surface area contributed by atoms with Gasteiger partial charge < -0.3 is 14.5 Å². The Labute approximate surface area is 242 Å². The summed E-state index contributed by atoms with van der Waals surface area (Å²) >= 11 is 6.13. The van der Waals surface area contributed by atoms with E-state index in [-0.39, 0.29) is 17.2 Å². The molecule has 5 aromatic rings. The number of aryl methyl sites for hydroxylation is 2. The molecule has 8 heteroatoms. The van der Waals surface area contributed by atoms with E-state index in [4.69, 9.17) is 21.1 Å². The Hall–Kier alpha value is -4.88. The zero-order chi connectivity index (χ0) is 28.9. The van der Waals surface area contributed by atoms with E-state index in [1.807, 2.05) is 51.1 Å². The molecular weight excluding hydrogens is 538 g/mol. The molecule has 0 saturated carbocycles. The van der Waals surface area contributed by atoms with E-state index in [1.54, 1.807) is 42.5 Å². The third-order valence-electron chi connectivity index (χ3n) is 6.48. The zero-order valence-electron chi connectivity index (χ0n) is 22.8. The molecule has 0 saturated heterocycles. The minimum atomic E-state index is -0.594. The van der Waals surface area contributed by atoms with Crippen LogP contribution in [0.4, 0.5) is 0 Å². The number of amides is 1. The number of ether oxygens (including phenoxy) is 2. The predicted octanol–water partition coefficient (Wildman–Crippen LogP) is 7.49. The summed E-state index contributed by atoms with van der Waals surface area (Å²) in [6.07, 6.45) is 1.50. The summed E-state index contributed by atoms with van der Waals surface area (Å²) in [6.45, 7) is 6.24. The molecule has 0 radical (unpaired) electrons. The quantitative estimate of drug-likeness (QED) is 0.0882. The number of aromatic nitrogens is 1. The number of aromatic amines is 1. The number of nitrogens with one attached hydrogen (secondary N) is 2. The van der Waals surface area contributed by atoms with E-state index in [2.05, 4.69) is 27.6 Å². The number of benzene rings is 4. The van der Waals surface area contributed by atoms with Gasteiger partial charge in [0.25, 0.3) is 5.91 Å². The van der Waals surface area contributed by atoms with Crippen molar-refractivity contribution >= 4 is 40.6 Å². The lowest BCUT2D eigenvalue weighted by Gasteiger charge is -2.12. The molecule has 5 rings (SSSR count). The van der Waals surface area contributed by atoms with Crippen LogP contribution in [0.3, 0.4) is 0 Å². The lowest BCUT2D eigenvalue weighted by molar-refractivity contribution is 0.0728. The molecule has 1 aromatic heterocycles. The van der Waals surface area contributed by atoms with Gasteiger partial charge in [-0.3, -0.25) is 4.79 Å². The highest BCUT2D eigenvalue weighted by molar-refractivity contribution is 6.33. The van der Waals surface area contributed by atoms with Crippen LogP contribution in [-0.2, 0) is 0 Å². The number of hydrogen-bond acceptors (Lipinski definition) is 5. The highest BCUT2D eigenvalue weighted by Gasteiger charge is 2.20. The van der Waals surface area contributed by atoms with Gasteiger partial charge in [0.15, 0.2) is 11.5 Å². The van der Waals surface area contributed by atoms with Crippen molar-refractivity contribution in [2.45, 2.75) is 20.8 Å². The van der Waals surface area contributed by atoms with E-state index < -0.39 is 5.97 Å². The first-order valence-electron chi connectivity index (χ1n) is 13.1. The summed E-state index contributed by atoms with van der Waals surface area (Å²) in [7, 11) is 0. The first-order chi connectivity index (χ1) is 19.9. The lowest BCUT2D eigenvalue weighted by Crippen LogP contribution is -2.19. The van der Waals surface area contributed by atoms with Crippen molar-refractivity contribution in [3.8, 4) is 22.6 Å². The van der Waals surface area contributed by atoms with Crippen molar-refractivity contribution < 1.29 is 19.1 Å². The molecule has 0 aliphatic carbocycles. The fourth-order valence-electron chi connectivity index (χ4n) is 4.69. The van der Waals surface area contributed by atoms with Crippen LogP contribution < -0.4 is 14.9 Å². The summed E-state index contributed by atoms with van der Waals surface area (Å²) in [5.41, 5.74) is 8.78. The van der Waals surface area contributed by atoms with E-state index >= 15 is 0 Å². The topological polar surface area (TPSA) is 92.8 Å². The minimum Gasteiger partial charge on any atom is -0.490 e. The van der Waals surface area contributed by atoms with E-state index in [0.717, 1.165) is 33.2 Å². The van der Waals surface area contributed by atoms with Crippen molar-refractivity contribution in [1.29, 1.82) is 0 Å². The summed E-state index contributed by atoms with van der Waals surface area (Å²) in [4.78, 5) is 29.3. The second-order valence-electron chi connectivity index (χ2n) is 9.45. The van der Waals surface area contributed by atoms with E-state index in [9.17, 15) is 9.59 Å². The molecule has 1 amide bonds. The van der Waals surface area contributed by atoms with Gasteiger partial charge in [-0.2, -0.15) is 5.10 Å². The van der Waals surface area contributed by atoms with Gasteiger partial charge in [-0.25, -0.2) is 10.2 Å². The number of hydrazone groups is 1. The van der Waals surface area contributed by atoms with Gasteiger partial charge in [0.2, 0.25) is 0 Å². The van der Waals surface area contributed by atoms with Crippen molar-refractivity contribution in [1.82, 2.24) is 10.4 Å². The van der Waals surface area contributed by atoms with Crippen LogP contribution in [0.5, 0.6) is 11.5 Å². The Morgan fingerprint density at radius 2 is 1.71 bits per heavy atom. The Bertz CT molecular complexity index is 1780. The van der Waals surface area contributed by atoms with Crippen LogP contribution in [0, 0.1) is 13.8 Å². The molecule has 0 spiro atoms. The molecule has 0 unspecified atom stereocenters. The second-order valence-corrected chi connectivity index (χ2v) is 9.86. The number of esters is 1. The average molecular weight is 566 g/mol. The van der Waals surface area contributed by atoms with Crippen LogP contribution >= 0.6 is 11.6 Å². The molecule has 41 heavy (non-hydrogen) atoms. The van der Waals surface area contributed by atoms with E-state index in [0.29, 0.717) is 28.6 Å². The minimum absolute atomic E-state index is 0.245. The molecule has 0 aliphatic rings. The summed E-state index contributed by atoms with van der Waals surface area (Å²) in [6, 6.07) is 25.6. The Kier molecular flexibility index (Phi) is 8.17. The number of carbonyl (C=O) groups excluding carboxylic acids is 2. The molecular formula is C33H28ClN3O4. The Balaban J connectivity index is 1.38. The smallest absolute Gasteiger partial charge is 0.345 e. The van der Waals surface area contributed by atoms with Gasteiger partial charge >= 0.3 is 5.97 Å². The van der Waals surface area contributed by atoms with Crippen LogP contribution in [0.1, 0.15) is 44.5 Å². The second kappa shape index (κ2) is 12.1. The predicted molar refractivity (Wildman–Crippen MR) is 162 cm³/mol. The molecule has 0 bridgehead atoms. The molecule has 0 atom stereocenters. The van der Waals surface area contributed by atoms with Crippen LogP contribution in [0.2, 0.25) is 5.02 Å². The van der Waals surface area contributed by atoms with Crippen LogP contribution in [-0.4, -0.2) is 29.7 Å². The maximum atomic E-state index is 13.4. The Morgan fingerprint density at radius 3 is 2.46 bits per heavy atom. The molecule has 206 valence electrons. The van der Waals surface area contributed by atoms with Gasteiger partial charge in [0, 0.05) is 16.5 Å². The van der Waals surface area contributed by atoms with Gasteiger partial charge in [-0.05, 0) is 73.9 Å². The number of fused-ring (bicyclic) bond motifs is 1. The van der Waals surface area contributed by atoms with Crippen molar-refractivity contribution in [2.75, 3.05) is 6.61 Å². The number of halogens is 1. The van der Waals surface area contributed by atoms with Gasteiger partial charge in [-0.15, -0.1) is 0 Å². The van der Waals surface area contributed by atoms with Gasteiger partial charge in [0.1, 0.15) is 5.69 Å². The summed E-state index contributed by atoms with van der Waals surface area (Å²) in [5.74, 6) is -0.364. The molecule has 0 aliphatic heterocycles. The SMILES string of the molecule is CCOc1cc(C=NNC(=O)c2[nH]c3c(C)cc(C)cc3c2-c2ccccc2)ccc1OC(=O)c1ccccc1Cl. The zero-order valence-corrected chi connectivity index (χ0v) is 23.6.